The molecule has 0 aliphatic heterocycles. The summed E-state index contributed by atoms with van der Waals surface area (Å²) in [5.74, 6) is -1.23. The first-order chi connectivity index (χ1) is 12.7. The zero-order chi connectivity index (χ0) is 20.0. The number of benzene rings is 2. The number of anilines is 2. The molecule has 2 aromatic rings. The number of sulfonamides is 1. The molecule has 0 unspecified atom stereocenters. The van der Waals surface area contributed by atoms with Crippen molar-refractivity contribution < 1.29 is 17.6 Å². The van der Waals surface area contributed by atoms with Crippen LogP contribution in [0.3, 0.4) is 0 Å². The highest BCUT2D eigenvalue weighted by atomic mass is 32.2. The van der Waals surface area contributed by atoms with Gasteiger partial charge in [-0.25, -0.2) is 17.5 Å². The fourth-order valence-corrected chi connectivity index (χ4v) is 3.58. The second kappa shape index (κ2) is 8.96. The summed E-state index contributed by atoms with van der Waals surface area (Å²) in [5.41, 5.74) is 2.16. The highest BCUT2D eigenvalue weighted by Crippen LogP contribution is 2.19. The summed E-state index contributed by atoms with van der Waals surface area (Å²) < 4.78 is 41.0. The van der Waals surface area contributed by atoms with Crippen LogP contribution in [0.2, 0.25) is 0 Å². The molecule has 2 N–H and O–H groups in total. The van der Waals surface area contributed by atoms with Crippen molar-refractivity contribution in [3.05, 3.63) is 53.8 Å². The van der Waals surface area contributed by atoms with Gasteiger partial charge in [0.1, 0.15) is 5.82 Å². The Labute approximate surface area is 159 Å². The number of carbonyl (C=O) groups excluding carboxylic acids is 1. The van der Waals surface area contributed by atoms with Crippen LogP contribution in [0.5, 0.6) is 0 Å². The summed E-state index contributed by atoms with van der Waals surface area (Å²) in [6.45, 7) is 1.49. The van der Waals surface area contributed by atoms with Gasteiger partial charge in [-0.15, -0.1) is 0 Å². The number of amides is 1. The minimum Gasteiger partial charge on any atom is -0.378 e. The van der Waals surface area contributed by atoms with E-state index >= 15 is 0 Å². The maximum Gasteiger partial charge on any atom is 0.240 e. The van der Waals surface area contributed by atoms with Crippen molar-refractivity contribution in [3.63, 3.8) is 0 Å². The van der Waals surface area contributed by atoms with Crippen LogP contribution in [-0.2, 0) is 21.2 Å². The molecule has 0 spiro atoms. The van der Waals surface area contributed by atoms with Crippen LogP contribution in [0.15, 0.2) is 47.4 Å². The van der Waals surface area contributed by atoms with Gasteiger partial charge in [-0.1, -0.05) is 12.1 Å². The normalized spacial score (nSPS) is 11.3. The van der Waals surface area contributed by atoms with E-state index in [2.05, 4.69) is 10.0 Å². The summed E-state index contributed by atoms with van der Waals surface area (Å²) in [6.07, 6.45) is 1.35. The van der Waals surface area contributed by atoms with Gasteiger partial charge in [-0.05, 0) is 48.7 Å². The van der Waals surface area contributed by atoms with E-state index in [1.807, 2.05) is 43.3 Å². The fraction of sp³-hybridized carbons (Fsp3) is 0.316. The molecule has 146 valence electrons. The number of carbonyl (C=O) groups is 1. The second-order valence-electron chi connectivity index (χ2n) is 6.39. The van der Waals surface area contributed by atoms with Crippen molar-refractivity contribution in [1.29, 1.82) is 0 Å². The Morgan fingerprint density at radius 2 is 1.78 bits per heavy atom. The third-order valence-electron chi connectivity index (χ3n) is 3.95. The molecule has 0 bridgehead atoms. The number of halogens is 1. The molecule has 0 saturated heterocycles. The van der Waals surface area contributed by atoms with Gasteiger partial charge < -0.3 is 10.2 Å². The first-order valence-corrected chi connectivity index (χ1v) is 10.0. The standard InChI is InChI=1S/C19H24FN3O3S/c1-14(24)22-19-11-10-17(13-18(19)20)27(25,26)21-12-4-5-15-6-8-16(9-7-15)23(2)3/h6-11,13,21H,4-5,12H2,1-3H3,(H,22,24). The van der Waals surface area contributed by atoms with Crippen LogP contribution < -0.4 is 14.9 Å². The molecule has 6 nitrogen and oxygen atoms in total. The molecule has 0 aromatic heterocycles. The second-order valence-corrected chi connectivity index (χ2v) is 8.15. The molecule has 1 amide bonds. The van der Waals surface area contributed by atoms with Gasteiger partial charge in [-0.2, -0.15) is 0 Å². The Balaban J connectivity index is 1.91. The molecule has 27 heavy (non-hydrogen) atoms. The van der Waals surface area contributed by atoms with Gasteiger partial charge in [-0.3, -0.25) is 4.79 Å². The lowest BCUT2D eigenvalue weighted by atomic mass is 10.1. The number of aryl methyl sites for hydroxylation is 1. The molecule has 0 aliphatic carbocycles. The maximum atomic E-state index is 13.9. The summed E-state index contributed by atoms with van der Waals surface area (Å²) in [5, 5.41) is 2.30. The first kappa shape index (κ1) is 20.9. The van der Waals surface area contributed by atoms with Crippen molar-refractivity contribution in [1.82, 2.24) is 4.72 Å². The molecule has 0 atom stereocenters. The third-order valence-corrected chi connectivity index (χ3v) is 5.41. The number of nitrogens with zero attached hydrogens (tertiary/aromatic N) is 1. The molecule has 0 heterocycles. The Kier molecular flexibility index (Phi) is 6.92. The van der Waals surface area contributed by atoms with Gasteiger partial charge in [0.25, 0.3) is 0 Å². The van der Waals surface area contributed by atoms with E-state index < -0.39 is 21.7 Å². The van der Waals surface area contributed by atoms with Crippen LogP contribution in [0.4, 0.5) is 15.8 Å². The molecule has 2 aromatic carbocycles. The molecule has 0 radical (unpaired) electrons. The number of rotatable bonds is 8. The Morgan fingerprint density at radius 1 is 1.11 bits per heavy atom. The summed E-state index contributed by atoms with van der Waals surface area (Å²) >= 11 is 0. The van der Waals surface area contributed by atoms with Gasteiger partial charge in [0.2, 0.25) is 15.9 Å². The molecule has 0 aliphatic rings. The predicted molar refractivity (Wildman–Crippen MR) is 105 cm³/mol. The molecule has 0 saturated carbocycles. The molecule has 0 fully saturated rings. The van der Waals surface area contributed by atoms with Crippen molar-refractivity contribution in [2.75, 3.05) is 30.9 Å². The van der Waals surface area contributed by atoms with E-state index in [0.29, 0.717) is 6.42 Å². The summed E-state index contributed by atoms with van der Waals surface area (Å²) in [6, 6.07) is 11.4. The quantitative estimate of drug-likeness (QED) is 0.676. The van der Waals surface area contributed by atoms with E-state index in [0.717, 1.165) is 23.7 Å². The number of hydrogen-bond donors (Lipinski definition) is 2. The minimum absolute atomic E-state index is 0.0531. The summed E-state index contributed by atoms with van der Waals surface area (Å²) in [4.78, 5) is 12.8. The minimum atomic E-state index is -3.81. The highest BCUT2D eigenvalue weighted by Gasteiger charge is 2.16. The van der Waals surface area contributed by atoms with Crippen LogP contribution in [0, 0.1) is 5.82 Å². The van der Waals surface area contributed by atoms with E-state index in [-0.39, 0.29) is 17.1 Å². The average Bonchev–Trinajstić information content (AvgIpc) is 2.60. The smallest absolute Gasteiger partial charge is 0.240 e. The third kappa shape index (κ3) is 6.04. The van der Waals surface area contributed by atoms with Crippen LogP contribution in [0.25, 0.3) is 0 Å². The van der Waals surface area contributed by atoms with Crippen molar-refractivity contribution in [3.8, 4) is 0 Å². The lowest BCUT2D eigenvalue weighted by Crippen LogP contribution is -2.25. The Morgan fingerprint density at radius 3 is 2.33 bits per heavy atom. The van der Waals surface area contributed by atoms with Crippen LogP contribution in [-0.4, -0.2) is 35.0 Å². The lowest BCUT2D eigenvalue weighted by molar-refractivity contribution is -0.114. The maximum absolute atomic E-state index is 13.9. The summed E-state index contributed by atoms with van der Waals surface area (Å²) in [7, 11) is 0.125. The van der Waals surface area contributed by atoms with Gasteiger partial charge in [0.05, 0.1) is 10.6 Å². The Hall–Kier alpha value is -2.45. The van der Waals surface area contributed by atoms with Gasteiger partial charge >= 0.3 is 0 Å². The zero-order valence-electron chi connectivity index (χ0n) is 15.6. The predicted octanol–water partition coefficient (Wildman–Crippen LogP) is 2.76. The monoisotopic (exact) mass is 393 g/mol. The lowest BCUT2D eigenvalue weighted by Gasteiger charge is -2.12. The molecule has 2 rings (SSSR count). The van der Waals surface area contributed by atoms with Crippen molar-refractivity contribution >= 4 is 27.3 Å². The fourth-order valence-electron chi connectivity index (χ4n) is 2.50. The van der Waals surface area contributed by atoms with E-state index in [9.17, 15) is 17.6 Å². The SMILES string of the molecule is CC(=O)Nc1ccc(S(=O)(=O)NCCCc2ccc(N(C)C)cc2)cc1F. The van der Waals surface area contributed by atoms with Gasteiger partial charge in [0.15, 0.2) is 0 Å². The molecular weight excluding hydrogens is 369 g/mol. The highest BCUT2D eigenvalue weighted by molar-refractivity contribution is 7.89. The topological polar surface area (TPSA) is 78.5 Å². The molecular formula is C19H24FN3O3S. The van der Waals surface area contributed by atoms with Crippen LogP contribution >= 0.6 is 0 Å². The van der Waals surface area contributed by atoms with E-state index in [4.69, 9.17) is 0 Å². The van der Waals surface area contributed by atoms with Crippen molar-refractivity contribution in [2.45, 2.75) is 24.7 Å². The van der Waals surface area contributed by atoms with Crippen molar-refractivity contribution in [2.24, 2.45) is 0 Å². The molecule has 8 heteroatoms. The van der Waals surface area contributed by atoms with E-state index in [1.165, 1.54) is 19.1 Å². The zero-order valence-corrected chi connectivity index (χ0v) is 16.4. The van der Waals surface area contributed by atoms with E-state index in [1.54, 1.807) is 0 Å². The largest absolute Gasteiger partial charge is 0.378 e. The van der Waals surface area contributed by atoms with Crippen LogP contribution in [0.1, 0.15) is 18.9 Å². The first-order valence-electron chi connectivity index (χ1n) is 8.52. The Bertz CT molecular complexity index is 897. The number of hydrogen-bond acceptors (Lipinski definition) is 4. The number of nitrogens with one attached hydrogen (secondary N) is 2. The van der Waals surface area contributed by atoms with Gasteiger partial charge in [0, 0.05) is 33.3 Å². The average molecular weight is 393 g/mol.